The van der Waals surface area contributed by atoms with Crippen LogP contribution in [0.1, 0.15) is 84.5 Å². The lowest BCUT2D eigenvalue weighted by Crippen LogP contribution is -2.35. The lowest BCUT2D eigenvalue weighted by Gasteiger charge is -2.35. The van der Waals surface area contributed by atoms with E-state index in [1.165, 1.54) is 25.7 Å². The number of nitrogens with zero attached hydrogens (tertiary/aromatic N) is 1. The lowest BCUT2D eigenvalue weighted by atomic mass is 9.97. The van der Waals surface area contributed by atoms with Crippen LogP contribution in [0.3, 0.4) is 0 Å². The summed E-state index contributed by atoms with van der Waals surface area (Å²) in [7, 11) is 3.39. The quantitative estimate of drug-likeness (QED) is 0.136. The van der Waals surface area contributed by atoms with Crippen molar-refractivity contribution in [2.75, 3.05) is 19.0 Å². The molecule has 2 aliphatic heterocycles. The summed E-state index contributed by atoms with van der Waals surface area (Å²) in [6.45, 7) is 5.62. The molecule has 30 heavy (non-hydrogen) atoms. The van der Waals surface area contributed by atoms with Gasteiger partial charge in [0.15, 0.2) is 0 Å². The number of unbranched alkanes of at least 4 members (excludes halogenated alkanes) is 7. The monoisotopic (exact) mass is 495 g/mol. The van der Waals surface area contributed by atoms with E-state index in [0.29, 0.717) is 19.6 Å². The number of carbonyl (C=O) groups excluding carboxylic acids is 3. The van der Waals surface area contributed by atoms with Crippen molar-refractivity contribution >= 4 is 56.4 Å². The third kappa shape index (κ3) is 9.29. The van der Waals surface area contributed by atoms with Crippen molar-refractivity contribution in [3.63, 3.8) is 0 Å². The Hall–Kier alpha value is 0.0800. The van der Waals surface area contributed by atoms with E-state index in [4.69, 9.17) is 20.9 Å². The zero-order chi connectivity index (χ0) is 22.0. The first kappa shape index (κ1) is 26.3. The second-order valence-electron chi connectivity index (χ2n) is 8.65. The van der Waals surface area contributed by atoms with Crippen LogP contribution in [-0.2, 0) is 35.2 Å². The lowest BCUT2D eigenvalue weighted by molar-refractivity contribution is -0.149. The number of likely N-dealkylation sites (tertiary alicyclic amines) is 1. The normalized spacial score (nSPS) is 20.7. The predicted molar refractivity (Wildman–Crippen MR) is 128 cm³/mol. The number of amides is 3. The van der Waals surface area contributed by atoms with Gasteiger partial charge in [-0.15, -0.1) is 0 Å². The topological polar surface area (TPSA) is 72.9 Å². The highest BCUT2D eigenvalue weighted by Gasteiger charge is 2.34. The summed E-state index contributed by atoms with van der Waals surface area (Å²) in [5, 5.41) is 0. The van der Waals surface area contributed by atoms with Gasteiger partial charge in [-0.25, -0.2) is 4.90 Å². The molecule has 0 N–H and O–H groups in total. The Morgan fingerprint density at radius 1 is 0.967 bits per heavy atom. The van der Waals surface area contributed by atoms with Gasteiger partial charge in [-0.1, -0.05) is 63.2 Å². The largest absolute Gasteiger partial charge is 0.320 e. The molecular formula is C20H34NO5PS3. The minimum Gasteiger partial charge on any atom is -0.320 e. The molecule has 0 unspecified atom stereocenters. The Morgan fingerprint density at radius 3 is 2.03 bits per heavy atom. The summed E-state index contributed by atoms with van der Waals surface area (Å²) in [6, 6.07) is 0. The number of hydrogen-bond acceptors (Lipinski definition) is 8. The van der Waals surface area contributed by atoms with Gasteiger partial charge in [-0.3, -0.25) is 14.4 Å². The van der Waals surface area contributed by atoms with Crippen LogP contribution in [0.25, 0.3) is 0 Å². The summed E-state index contributed by atoms with van der Waals surface area (Å²) in [5.74, 6) is 0.0620. The molecule has 2 heterocycles. The minimum atomic E-state index is -2.14. The third-order valence-electron chi connectivity index (χ3n) is 5.04. The van der Waals surface area contributed by atoms with Gasteiger partial charge in [-0.2, -0.15) is 0 Å². The summed E-state index contributed by atoms with van der Waals surface area (Å²) >= 11 is 5.54. The molecule has 0 atom stereocenters. The van der Waals surface area contributed by atoms with E-state index in [1.54, 1.807) is 21.2 Å². The minimum absolute atomic E-state index is 0.0645. The first-order chi connectivity index (χ1) is 14.2. The van der Waals surface area contributed by atoms with Crippen LogP contribution in [0.2, 0.25) is 0 Å². The van der Waals surface area contributed by atoms with Gasteiger partial charge >= 0.3 is 0 Å². The van der Waals surface area contributed by atoms with Crippen molar-refractivity contribution < 1.29 is 23.4 Å². The fourth-order valence-electron chi connectivity index (χ4n) is 3.20. The second kappa shape index (κ2) is 12.9. The highest BCUT2D eigenvalue weighted by Crippen LogP contribution is 2.68. The molecule has 172 valence electrons. The summed E-state index contributed by atoms with van der Waals surface area (Å²) in [6.07, 6.45) is 9.42. The molecule has 0 aromatic carbocycles. The van der Waals surface area contributed by atoms with Crippen LogP contribution in [0.4, 0.5) is 0 Å². The van der Waals surface area contributed by atoms with Crippen LogP contribution < -0.4 is 0 Å². The molecule has 2 aliphatic rings. The highest BCUT2D eigenvalue weighted by molar-refractivity contribution is 9.03. The Balaban J connectivity index is 1.38. The fraction of sp³-hybridized carbons (Fsp3) is 0.850. The maximum atomic E-state index is 11.9. The maximum absolute atomic E-state index is 11.9. The summed E-state index contributed by atoms with van der Waals surface area (Å²) in [5.41, 5.74) is -2.08. The van der Waals surface area contributed by atoms with Gasteiger partial charge in [-0.05, 0) is 35.1 Å². The third-order valence-corrected chi connectivity index (χ3v) is 13.5. The molecule has 0 spiro atoms. The molecular weight excluding hydrogens is 461 g/mol. The first-order valence-electron chi connectivity index (χ1n) is 10.8. The molecule has 0 aliphatic carbocycles. The van der Waals surface area contributed by atoms with E-state index in [1.807, 2.05) is 0 Å². The molecule has 0 aromatic heterocycles. The van der Waals surface area contributed by atoms with Crippen molar-refractivity contribution in [3.05, 3.63) is 0 Å². The Morgan fingerprint density at radius 2 is 1.47 bits per heavy atom. The predicted octanol–water partition coefficient (Wildman–Crippen LogP) is 5.85. The SMILES string of the molecule is CC1(C)COP(=S)(SSCCCCCCCCCCC(=O)N2C(=O)CCC2=O)OC1. The number of hydrogen-bond donors (Lipinski definition) is 0. The zero-order valence-electron chi connectivity index (χ0n) is 18.1. The first-order valence-corrected chi connectivity index (χ1v) is 16.4. The molecule has 6 nitrogen and oxygen atoms in total. The van der Waals surface area contributed by atoms with E-state index in [2.05, 4.69) is 13.8 Å². The van der Waals surface area contributed by atoms with Gasteiger partial charge in [0.05, 0.1) is 13.2 Å². The van der Waals surface area contributed by atoms with Crippen molar-refractivity contribution in [3.8, 4) is 0 Å². The molecule has 10 heteroatoms. The van der Waals surface area contributed by atoms with Crippen molar-refractivity contribution in [1.29, 1.82) is 0 Å². The summed E-state index contributed by atoms with van der Waals surface area (Å²) in [4.78, 5) is 35.8. The van der Waals surface area contributed by atoms with Crippen molar-refractivity contribution in [2.45, 2.75) is 84.5 Å². The molecule has 0 saturated carbocycles. The highest BCUT2D eigenvalue weighted by atomic mass is 33.4. The van der Waals surface area contributed by atoms with E-state index in [0.717, 1.165) is 36.3 Å². The van der Waals surface area contributed by atoms with Gasteiger partial charge in [0.1, 0.15) is 0 Å². The number of imide groups is 3. The molecule has 0 aromatic rings. The van der Waals surface area contributed by atoms with Crippen LogP contribution in [0.5, 0.6) is 0 Å². The average molecular weight is 496 g/mol. The molecule has 2 fully saturated rings. The second-order valence-corrected chi connectivity index (χ2v) is 16.9. The van der Waals surface area contributed by atoms with E-state index in [9.17, 15) is 14.4 Å². The van der Waals surface area contributed by atoms with Gasteiger partial charge in [0.25, 0.3) is 5.69 Å². The number of rotatable bonds is 13. The van der Waals surface area contributed by atoms with Crippen molar-refractivity contribution in [1.82, 2.24) is 4.90 Å². The Kier molecular flexibility index (Phi) is 11.4. The number of carbonyl (C=O) groups is 3. The zero-order valence-corrected chi connectivity index (χ0v) is 21.4. The average Bonchev–Trinajstić information content (AvgIpc) is 3.03. The smallest absolute Gasteiger partial charge is 0.257 e. The molecule has 2 rings (SSSR count). The maximum Gasteiger partial charge on any atom is 0.257 e. The van der Waals surface area contributed by atoms with Crippen LogP contribution in [0.15, 0.2) is 0 Å². The molecule has 3 amide bonds. The van der Waals surface area contributed by atoms with E-state index in [-0.39, 0.29) is 36.0 Å². The van der Waals surface area contributed by atoms with Crippen LogP contribution in [-0.4, -0.2) is 41.6 Å². The Bertz CT molecular complexity index is 628. The Labute approximate surface area is 193 Å². The van der Waals surface area contributed by atoms with Crippen molar-refractivity contribution in [2.24, 2.45) is 5.41 Å². The van der Waals surface area contributed by atoms with Gasteiger partial charge in [0.2, 0.25) is 17.7 Å². The molecule has 0 bridgehead atoms. The van der Waals surface area contributed by atoms with Crippen LogP contribution >= 0.6 is 26.9 Å². The summed E-state index contributed by atoms with van der Waals surface area (Å²) < 4.78 is 11.6. The fourth-order valence-corrected chi connectivity index (χ4v) is 10.5. The standard InChI is InChI=1S/C20H34NO5PS3/c1-20(2)15-25-27(28,26-16-20)30-29-14-10-8-6-4-3-5-7-9-11-17(22)21-18(23)12-13-19(21)24/h3-16H2,1-2H3. The molecule has 2 saturated heterocycles. The van der Waals surface area contributed by atoms with Crippen LogP contribution in [0, 0.1) is 5.41 Å². The van der Waals surface area contributed by atoms with Gasteiger partial charge < -0.3 is 9.05 Å². The van der Waals surface area contributed by atoms with E-state index >= 15 is 0 Å². The molecule has 0 radical (unpaired) electrons. The van der Waals surface area contributed by atoms with Gasteiger partial charge in [0, 0.05) is 30.4 Å². The van der Waals surface area contributed by atoms with E-state index < -0.39 is 5.69 Å².